The van der Waals surface area contributed by atoms with Crippen LogP contribution < -0.4 is 9.47 Å². The molecule has 4 rings (SSSR count). The lowest BCUT2D eigenvalue weighted by molar-refractivity contribution is -0.383. The molecule has 0 aliphatic heterocycles. The van der Waals surface area contributed by atoms with Crippen LogP contribution in [0.2, 0.25) is 0 Å². The lowest BCUT2D eigenvalue weighted by atomic mass is 10.2. The first-order chi connectivity index (χ1) is 16.1. The number of methoxy groups -OCH3 is 2. The molecule has 12 heteroatoms. The first-order valence-corrected chi connectivity index (χ1v) is 10.5. The third-order valence-corrected chi connectivity index (χ3v) is 5.24. The SMILES string of the molecule is COc1cc([N+](=O)[O-])c2ncn(C(C)C)c2c1.COc1cc([N+](=O)[O-])c2ncn(C(C)C)c2c1. The van der Waals surface area contributed by atoms with Crippen molar-refractivity contribution in [2.45, 2.75) is 39.8 Å². The summed E-state index contributed by atoms with van der Waals surface area (Å²) in [5.41, 5.74) is 2.16. The Labute approximate surface area is 195 Å². The van der Waals surface area contributed by atoms with Gasteiger partial charge in [-0.05, 0) is 27.7 Å². The summed E-state index contributed by atoms with van der Waals surface area (Å²) >= 11 is 0. The number of benzene rings is 2. The van der Waals surface area contributed by atoms with Gasteiger partial charge in [-0.25, -0.2) is 9.97 Å². The van der Waals surface area contributed by atoms with Gasteiger partial charge in [-0.3, -0.25) is 20.2 Å². The maximum Gasteiger partial charge on any atom is 0.300 e. The average Bonchev–Trinajstić information content (AvgIpc) is 3.42. The summed E-state index contributed by atoms with van der Waals surface area (Å²) in [4.78, 5) is 29.2. The molecule has 0 N–H and O–H groups in total. The molecule has 0 amide bonds. The molecule has 12 nitrogen and oxygen atoms in total. The van der Waals surface area contributed by atoms with E-state index < -0.39 is 9.85 Å². The van der Waals surface area contributed by atoms with Gasteiger partial charge in [-0.1, -0.05) is 0 Å². The molecule has 0 saturated heterocycles. The molecular formula is C22H26N6O6. The molecule has 2 heterocycles. The summed E-state index contributed by atoms with van der Waals surface area (Å²) in [6.07, 6.45) is 3.23. The summed E-state index contributed by atoms with van der Waals surface area (Å²) < 4.78 is 13.9. The Morgan fingerprint density at radius 1 is 0.735 bits per heavy atom. The molecule has 0 aliphatic carbocycles. The number of fused-ring (bicyclic) bond motifs is 2. The predicted octanol–water partition coefficient (Wildman–Crippen LogP) is 5.07. The Balaban J connectivity index is 0.000000191. The molecule has 0 aliphatic rings. The van der Waals surface area contributed by atoms with Crippen LogP contribution in [0.25, 0.3) is 22.1 Å². The summed E-state index contributed by atoms with van der Waals surface area (Å²) in [6, 6.07) is 6.67. The van der Waals surface area contributed by atoms with Gasteiger partial charge in [-0.2, -0.15) is 0 Å². The van der Waals surface area contributed by atoms with E-state index in [-0.39, 0.29) is 23.5 Å². The van der Waals surface area contributed by atoms with E-state index in [1.807, 2.05) is 36.8 Å². The van der Waals surface area contributed by atoms with E-state index in [9.17, 15) is 20.2 Å². The fourth-order valence-corrected chi connectivity index (χ4v) is 3.52. The van der Waals surface area contributed by atoms with Gasteiger partial charge < -0.3 is 18.6 Å². The van der Waals surface area contributed by atoms with Crippen LogP contribution in [0.4, 0.5) is 11.4 Å². The molecule has 0 radical (unpaired) electrons. The van der Waals surface area contributed by atoms with E-state index in [1.54, 1.807) is 24.8 Å². The molecule has 4 aromatic rings. The fraction of sp³-hybridized carbons (Fsp3) is 0.364. The van der Waals surface area contributed by atoms with Gasteiger partial charge in [0.25, 0.3) is 0 Å². The third kappa shape index (κ3) is 4.60. The van der Waals surface area contributed by atoms with Crippen LogP contribution in [-0.4, -0.2) is 43.2 Å². The zero-order valence-corrected chi connectivity index (χ0v) is 19.8. The predicted molar refractivity (Wildman–Crippen MR) is 127 cm³/mol. The number of non-ortho nitro benzene ring substituents is 2. The third-order valence-electron chi connectivity index (χ3n) is 5.24. The van der Waals surface area contributed by atoms with Crippen molar-refractivity contribution in [3.05, 3.63) is 57.1 Å². The van der Waals surface area contributed by atoms with Crippen molar-refractivity contribution >= 4 is 33.4 Å². The number of aromatic nitrogens is 4. The number of hydrogen-bond donors (Lipinski definition) is 0. The standard InChI is InChI=1S/2C11H13N3O3/c2*1-7(2)13-6-12-11-9(13)4-8(17-3)5-10(11)14(15)16/h2*4-7H,1-3H3. The van der Waals surface area contributed by atoms with Crippen molar-refractivity contribution in [2.24, 2.45) is 0 Å². The van der Waals surface area contributed by atoms with Crippen LogP contribution in [0.5, 0.6) is 11.5 Å². The fourth-order valence-electron chi connectivity index (χ4n) is 3.52. The average molecular weight is 470 g/mol. The second-order valence-electron chi connectivity index (χ2n) is 8.03. The number of nitro benzene ring substituents is 2. The molecule has 0 fully saturated rings. The van der Waals surface area contributed by atoms with Crippen molar-refractivity contribution in [1.29, 1.82) is 0 Å². The van der Waals surface area contributed by atoms with Gasteiger partial charge in [0.15, 0.2) is 11.0 Å². The van der Waals surface area contributed by atoms with Gasteiger partial charge in [0.1, 0.15) is 11.5 Å². The van der Waals surface area contributed by atoms with Crippen molar-refractivity contribution in [3.63, 3.8) is 0 Å². The monoisotopic (exact) mass is 470 g/mol. The second kappa shape index (κ2) is 9.73. The minimum Gasteiger partial charge on any atom is -0.496 e. The smallest absolute Gasteiger partial charge is 0.300 e. The lowest BCUT2D eigenvalue weighted by Crippen LogP contribution is -1.99. The topological polar surface area (TPSA) is 140 Å². The quantitative estimate of drug-likeness (QED) is 0.281. The summed E-state index contributed by atoms with van der Waals surface area (Å²) in [7, 11) is 2.97. The molecule has 0 spiro atoms. The first kappa shape index (κ1) is 24.4. The van der Waals surface area contributed by atoms with Crippen LogP contribution in [0.3, 0.4) is 0 Å². The Kier molecular flexibility index (Phi) is 6.99. The number of rotatable bonds is 6. The zero-order chi connectivity index (χ0) is 25.2. The van der Waals surface area contributed by atoms with Gasteiger partial charge in [0, 0.05) is 24.2 Å². The van der Waals surface area contributed by atoms with E-state index >= 15 is 0 Å². The maximum absolute atomic E-state index is 11.0. The highest BCUT2D eigenvalue weighted by molar-refractivity contribution is 5.87. The summed E-state index contributed by atoms with van der Waals surface area (Å²) in [5, 5.41) is 21.9. The van der Waals surface area contributed by atoms with E-state index in [0.29, 0.717) is 33.6 Å². The molecular weight excluding hydrogens is 444 g/mol. The summed E-state index contributed by atoms with van der Waals surface area (Å²) in [6.45, 7) is 7.97. The van der Waals surface area contributed by atoms with Crippen LogP contribution in [0.15, 0.2) is 36.9 Å². The number of hydrogen-bond acceptors (Lipinski definition) is 8. The number of ether oxygens (including phenoxy) is 2. The molecule has 0 bridgehead atoms. The van der Waals surface area contributed by atoms with E-state index in [1.165, 1.54) is 26.4 Å². The van der Waals surface area contributed by atoms with Crippen molar-refractivity contribution in [2.75, 3.05) is 14.2 Å². The molecule has 0 atom stereocenters. The van der Waals surface area contributed by atoms with Crippen LogP contribution in [0.1, 0.15) is 39.8 Å². The lowest BCUT2D eigenvalue weighted by Gasteiger charge is -2.08. The molecule has 0 saturated carbocycles. The van der Waals surface area contributed by atoms with Crippen LogP contribution in [-0.2, 0) is 0 Å². The maximum atomic E-state index is 11.0. The van der Waals surface area contributed by atoms with Gasteiger partial charge in [0.05, 0.1) is 59.9 Å². The molecule has 2 aromatic carbocycles. The van der Waals surface area contributed by atoms with Gasteiger partial charge in [0.2, 0.25) is 0 Å². The van der Waals surface area contributed by atoms with Crippen molar-refractivity contribution in [3.8, 4) is 11.5 Å². The van der Waals surface area contributed by atoms with Crippen LogP contribution in [0, 0.1) is 20.2 Å². The van der Waals surface area contributed by atoms with Gasteiger partial charge in [-0.15, -0.1) is 0 Å². The highest BCUT2D eigenvalue weighted by Crippen LogP contribution is 2.32. The Morgan fingerprint density at radius 3 is 1.35 bits per heavy atom. The molecule has 0 unspecified atom stereocenters. The van der Waals surface area contributed by atoms with E-state index in [2.05, 4.69) is 9.97 Å². The molecule has 34 heavy (non-hydrogen) atoms. The minimum absolute atomic E-state index is 0.0289. The van der Waals surface area contributed by atoms with E-state index in [4.69, 9.17) is 9.47 Å². The van der Waals surface area contributed by atoms with Crippen molar-refractivity contribution < 1.29 is 19.3 Å². The number of nitrogens with zero attached hydrogens (tertiary/aromatic N) is 6. The Morgan fingerprint density at radius 2 is 1.09 bits per heavy atom. The Hall–Kier alpha value is -4.22. The van der Waals surface area contributed by atoms with Gasteiger partial charge >= 0.3 is 11.4 Å². The van der Waals surface area contributed by atoms with Crippen molar-refractivity contribution in [1.82, 2.24) is 19.1 Å². The highest BCUT2D eigenvalue weighted by atomic mass is 16.6. The highest BCUT2D eigenvalue weighted by Gasteiger charge is 2.20. The molecule has 180 valence electrons. The molecule has 2 aromatic heterocycles. The normalized spacial score (nSPS) is 11.1. The second-order valence-corrected chi connectivity index (χ2v) is 8.03. The number of imidazole rings is 2. The minimum atomic E-state index is -0.442. The zero-order valence-electron chi connectivity index (χ0n) is 19.8. The largest absolute Gasteiger partial charge is 0.496 e. The van der Waals surface area contributed by atoms with Crippen LogP contribution >= 0.6 is 0 Å². The summed E-state index contributed by atoms with van der Waals surface area (Å²) in [5.74, 6) is 0.929. The van der Waals surface area contributed by atoms with E-state index in [0.717, 1.165) is 0 Å². The Bertz CT molecular complexity index is 1250. The number of nitro groups is 2. The first-order valence-electron chi connectivity index (χ1n) is 10.5.